The van der Waals surface area contributed by atoms with Gasteiger partial charge in [-0.3, -0.25) is 0 Å². The lowest BCUT2D eigenvalue weighted by atomic mass is 9.81. The molecule has 1 aliphatic rings. The van der Waals surface area contributed by atoms with E-state index >= 15 is 0 Å². The first-order valence-electron chi connectivity index (χ1n) is 15.5. The molecule has 0 bridgehead atoms. The third kappa shape index (κ3) is 16.8. The highest BCUT2D eigenvalue weighted by Gasteiger charge is 2.26. The van der Waals surface area contributed by atoms with Gasteiger partial charge in [0.2, 0.25) is 0 Å². The summed E-state index contributed by atoms with van der Waals surface area (Å²) in [7, 11) is 1.79. The summed E-state index contributed by atoms with van der Waals surface area (Å²) in [5.41, 5.74) is 1.37. The lowest BCUT2D eigenvalue weighted by Crippen LogP contribution is -2.41. The molecule has 1 rings (SSSR count). The van der Waals surface area contributed by atoms with Crippen molar-refractivity contribution in [3.05, 3.63) is 23.9 Å². The van der Waals surface area contributed by atoms with Gasteiger partial charge in [0.25, 0.3) is 0 Å². The minimum atomic E-state index is 0.445. The second kappa shape index (κ2) is 25.8. The van der Waals surface area contributed by atoms with Gasteiger partial charge in [-0.15, -0.1) is 0 Å². The van der Waals surface area contributed by atoms with Crippen molar-refractivity contribution in [2.45, 2.75) is 114 Å². The molecular weight excluding hydrogens is 442 g/mol. The summed E-state index contributed by atoms with van der Waals surface area (Å²) in [4.78, 5) is 5.05. The number of nitrogens with one attached hydrogen (secondary N) is 1. The predicted octanol–water partition coefficient (Wildman–Crippen LogP) is 8.01. The van der Waals surface area contributed by atoms with E-state index in [4.69, 9.17) is 4.74 Å². The number of rotatable bonds is 18. The molecule has 216 valence electrons. The molecule has 0 heterocycles. The largest absolute Gasteiger partial charge is 0.383 e. The topological polar surface area (TPSA) is 27.7 Å². The van der Waals surface area contributed by atoms with Crippen molar-refractivity contribution in [3.63, 3.8) is 0 Å². The molecule has 0 radical (unpaired) electrons. The Hall–Kier alpha value is -0.840. The molecule has 0 amide bonds. The summed E-state index contributed by atoms with van der Waals surface area (Å²) in [6.07, 6.45) is 14.9. The number of ether oxygens (including phenoxy) is 1. The van der Waals surface area contributed by atoms with Crippen molar-refractivity contribution in [1.82, 2.24) is 15.1 Å². The number of nitrogens with zero attached hydrogens (tertiary/aromatic N) is 2. The van der Waals surface area contributed by atoms with Crippen LogP contribution in [0.25, 0.3) is 0 Å². The van der Waals surface area contributed by atoms with Crippen LogP contribution in [-0.2, 0) is 4.74 Å². The maximum Gasteiger partial charge on any atom is 0.0637 e. The van der Waals surface area contributed by atoms with Gasteiger partial charge in [-0.05, 0) is 50.9 Å². The van der Waals surface area contributed by atoms with Crippen LogP contribution in [0.2, 0.25) is 0 Å². The van der Waals surface area contributed by atoms with Crippen LogP contribution in [-0.4, -0.2) is 68.8 Å². The zero-order valence-electron chi connectivity index (χ0n) is 26.5. The first kappa shape index (κ1) is 37.3. The number of unbranched alkanes of at least 4 members (excludes halogenated alkanes) is 1. The van der Waals surface area contributed by atoms with Crippen molar-refractivity contribution < 1.29 is 4.74 Å². The van der Waals surface area contributed by atoms with Gasteiger partial charge in [-0.2, -0.15) is 0 Å². The number of hydrogen-bond donors (Lipinski definition) is 1. The fourth-order valence-corrected chi connectivity index (χ4v) is 4.46. The van der Waals surface area contributed by atoms with Crippen molar-refractivity contribution in [1.29, 1.82) is 0 Å². The van der Waals surface area contributed by atoms with Crippen LogP contribution in [0, 0.1) is 17.8 Å². The maximum absolute atomic E-state index is 5.31. The Morgan fingerprint density at radius 3 is 2.11 bits per heavy atom. The van der Waals surface area contributed by atoms with E-state index < -0.39 is 0 Å². The monoisotopic (exact) mass is 510 g/mol. The fourth-order valence-electron chi connectivity index (χ4n) is 4.46. The number of likely N-dealkylation sites (N-methyl/N-ethyl adjacent to an activating group) is 1. The predicted molar refractivity (Wildman–Crippen MR) is 164 cm³/mol. The summed E-state index contributed by atoms with van der Waals surface area (Å²) in [6.45, 7) is 29.7. The normalized spacial score (nSPS) is 18.5. The Morgan fingerprint density at radius 2 is 1.61 bits per heavy atom. The summed E-state index contributed by atoms with van der Waals surface area (Å²) in [5, 5.41) is 3.88. The van der Waals surface area contributed by atoms with Gasteiger partial charge in [-0.25, -0.2) is 0 Å². The SMILES string of the molecule is CC.CCCC.CCCC(C)C1C=C(N(CC)CCOC)C=CC1NCCCN(CC)CC(C)CC. The summed E-state index contributed by atoms with van der Waals surface area (Å²) in [5.74, 6) is 2.04. The van der Waals surface area contributed by atoms with Gasteiger partial charge in [0.05, 0.1) is 6.61 Å². The third-order valence-corrected chi connectivity index (χ3v) is 7.21. The molecule has 0 saturated carbocycles. The van der Waals surface area contributed by atoms with Crippen LogP contribution >= 0.6 is 0 Å². The number of allylic oxidation sites excluding steroid dienone is 1. The molecule has 0 saturated heterocycles. The second-order valence-corrected chi connectivity index (χ2v) is 10.1. The van der Waals surface area contributed by atoms with E-state index in [1.165, 1.54) is 57.3 Å². The third-order valence-electron chi connectivity index (χ3n) is 7.21. The quantitative estimate of drug-likeness (QED) is 0.189. The number of methoxy groups -OCH3 is 1. The first-order chi connectivity index (χ1) is 17.4. The molecule has 0 spiro atoms. The molecule has 0 aromatic rings. The van der Waals surface area contributed by atoms with Crippen LogP contribution in [0.1, 0.15) is 108 Å². The van der Waals surface area contributed by atoms with Gasteiger partial charge >= 0.3 is 0 Å². The van der Waals surface area contributed by atoms with Crippen LogP contribution in [0.3, 0.4) is 0 Å². The van der Waals surface area contributed by atoms with Gasteiger partial charge in [0, 0.05) is 44.4 Å². The molecule has 4 unspecified atom stereocenters. The zero-order valence-corrected chi connectivity index (χ0v) is 26.5. The van der Waals surface area contributed by atoms with E-state index in [-0.39, 0.29) is 0 Å². The highest BCUT2D eigenvalue weighted by Crippen LogP contribution is 2.29. The first-order valence-corrected chi connectivity index (χ1v) is 15.5. The molecule has 0 aliphatic heterocycles. The number of hydrogen-bond acceptors (Lipinski definition) is 4. The summed E-state index contributed by atoms with van der Waals surface area (Å²) in [6, 6.07) is 0.445. The van der Waals surface area contributed by atoms with Crippen LogP contribution < -0.4 is 5.32 Å². The summed E-state index contributed by atoms with van der Waals surface area (Å²) >= 11 is 0. The van der Waals surface area contributed by atoms with Crippen molar-refractivity contribution >= 4 is 0 Å². The second-order valence-electron chi connectivity index (χ2n) is 10.1. The van der Waals surface area contributed by atoms with Crippen molar-refractivity contribution in [2.24, 2.45) is 17.8 Å². The molecule has 4 atom stereocenters. The Morgan fingerprint density at radius 1 is 0.944 bits per heavy atom. The molecule has 0 fully saturated rings. The van der Waals surface area contributed by atoms with E-state index in [0.717, 1.165) is 38.7 Å². The average molecular weight is 510 g/mol. The van der Waals surface area contributed by atoms with Crippen molar-refractivity contribution in [2.75, 3.05) is 53.0 Å². The smallest absolute Gasteiger partial charge is 0.0637 e. The van der Waals surface area contributed by atoms with E-state index in [1.54, 1.807) is 7.11 Å². The van der Waals surface area contributed by atoms with E-state index in [2.05, 4.69) is 88.7 Å². The highest BCUT2D eigenvalue weighted by molar-refractivity contribution is 5.27. The van der Waals surface area contributed by atoms with E-state index in [0.29, 0.717) is 17.9 Å². The zero-order chi connectivity index (χ0) is 27.8. The lowest BCUT2D eigenvalue weighted by molar-refractivity contribution is 0.166. The molecule has 0 aromatic heterocycles. The molecule has 1 aliphatic carbocycles. The van der Waals surface area contributed by atoms with Crippen molar-refractivity contribution in [3.8, 4) is 0 Å². The molecule has 0 aromatic carbocycles. The minimum absolute atomic E-state index is 0.445. The molecule has 4 nitrogen and oxygen atoms in total. The average Bonchev–Trinajstić information content (AvgIpc) is 2.92. The molecule has 1 N–H and O–H groups in total. The van der Waals surface area contributed by atoms with E-state index in [9.17, 15) is 0 Å². The highest BCUT2D eigenvalue weighted by atomic mass is 16.5. The van der Waals surface area contributed by atoms with Gasteiger partial charge in [0.1, 0.15) is 0 Å². The fraction of sp³-hybridized carbons (Fsp3) is 0.875. The lowest BCUT2D eigenvalue weighted by Gasteiger charge is -2.35. The maximum atomic E-state index is 5.31. The molecular formula is C32H67N3O. The molecule has 36 heavy (non-hydrogen) atoms. The van der Waals surface area contributed by atoms with Gasteiger partial charge in [0.15, 0.2) is 0 Å². The van der Waals surface area contributed by atoms with Crippen LogP contribution in [0.15, 0.2) is 23.9 Å². The Balaban J connectivity index is 0. The van der Waals surface area contributed by atoms with Crippen LogP contribution in [0.4, 0.5) is 0 Å². The van der Waals surface area contributed by atoms with E-state index in [1.807, 2.05) is 13.8 Å². The summed E-state index contributed by atoms with van der Waals surface area (Å²) < 4.78 is 5.31. The minimum Gasteiger partial charge on any atom is -0.383 e. The Labute approximate surface area is 228 Å². The molecule has 4 heteroatoms. The Bertz CT molecular complexity index is 518. The van der Waals surface area contributed by atoms with Crippen LogP contribution in [0.5, 0.6) is 0 Å². The standard InChI is InChI=1S/C26H51N3O.C4H10.C2H6/c1-8-13-23(6)25-20-24(29(11-4)18-19-30-7)14-15-26(25)27-16-12-17-28(10-3)21-22(5)9-2;1-3-4-2;1-2/h14-15,20,22-23,25-27H,8-13,16-19,21H2,1-7H3;3-4H2,1-2H3;1-2H3. The Kier molecular flexibility index (Phi) is 26.7. The van der Waals surface area contributed by atoms with Gasteiger partial charge in [-0.1, -0.05) is 107 Å². The van der Waals surface area contributed by atoms with Gasteiger partial charge < -0.3 is 19.9 Å².